The molecular formula is C12H12KNO3. The molecule has 0 aliphatic carbocycles. The van der Waals surface area contributed by atoms with E-state index < -0.39 is 0 Å². The number of carbonyl (C=O) groups excluding carboxylic acids is 2. The van der Waals surface area contributed by atoms with Gasteiger partial charge in [0.1, 0.15) is 18.6 Å². The Morgan fingerprint density at radius 3 is 2.76 bits per heavy atom. The van der Waals surface area contributed by atoms with Crippen molar-refractivity contribution in [2.75, 3.05) is 6.73 Å². The van der Waals surface area contributed by atoms with Crippen LogP contribution in [-0.4, -0.2) is 24.5 Å². The predicted octanol–water partition coefficient (Wildman–Crippen LogP) is -2.07. The van der Waals surface area contributed by atoms with Crippen LogP contribution in [0.5, 0.6) is 0 Å². The van der Waals surface area contributed by atoms with Gasteiger partial charge >= 0.3 is 57.4 Å². The van der Waals surface area contributed by atoms with Gasteiger partial charge in [-0.2, -0.15) is 30.3 Å². The number of Topliss-reactive ketones (excluding diaryl/α,β-unsaturated/α-hetero) is 1. The largest absolute Gasteiger partial charge is 1.00 e. The van der Waals surface area contributed by atoms with Gasteiger partial charge in [-0.25, -0.2) is 0 Å². The first-order valence-corrected chi connectivity index (χ1v) is 5.17. The first-order chi connectivity index (χ1) is 7.77. The van der Waals surface area contributed by atoms with Gasteiger partial charge in [0.2, 0.25) is 0 Å². The molecule has 0 bridgehead atoms. The summed E-state index contributed by atoms with van der Waals surface area (Å²) in [5.41, 5.74) is 0.658. The molecule has 1 fully saturated rings. The number of hydrogen-bond donors (Lipinski definition) is 1. The summed E-state index contributed by atoms with van der Waals surface area (Å²) >= 11 is 0. The second kappa shape index (κ2) is 7.40. The van der Waals surface area contributed by atoms with Gasteiger partial charge in [-0.3, -0.25) is 14.9 Å². The number of esters is 1. The zero-order valence-corrected chi connectivity index (χ0v) is 12.9. The minimum absolute atomic E-state index is 0. The number of cyclic esters (lactones) is 1. The molecule has 1 saturated heterocycles. The van der Waals surface area contributed by atoms with E-state index in [9.17, 15) is 9.59 Å². The number of nitrogens with one attached hydrogen (secondary N) is 1. The van der Waals surface area contributed by atoms with Gasteiger partial charge in [0, 0.05) is 6.42 Å². The average molecular weight is 257 g/mol. The van der Waals surface area contributed by atoms with Gasteiger partial charge in [-0.05, 0) is 6.42 Å². The van der Waals surface area contributed by atoms with Crippen molar-refractivity contribution in [2.24, 2.45) is 0 Å². The summed E-state index contributed by atoms with van der Waals surface area (Å²) < 4.78 is 4.74. The summed E-state index contributed by atoms with van der Waals surface area (Å²) in [7, 11) is 0. The van der Waals surface area contributed by atoms with Crippen molar-refractivity contribution in [1.29, 1.82) is 0 Å². The summed E-state index contributed by atoms with van der Waals surface area (Å²) in [6.07, 6.45) is 0.826. The molecule has 17 heavy (non-hydrogen) atoms. The molecule has 1 unspecified atom stereocenters. The Balaban J connectivity index is 0.00000144. The number of ether oxygens (including phenoxy) is 1. The van der Waals surface area contributed by atoms with Crippen molar-refractivity contribution in [3.05, 3.63) is 35.9 Å². The molecular weight excluding hydrogens is 245 g/mol. The molecule has 1 aromatic carbocycles. The van der Waals surface area contributed by atoms with E-state index in [0.717, 1.165) is 0 Å². The van der Waals surface area contributed by atoms with E-state index >= 15 is 0 Å². The Kier molecular flexibility index (Phi) is 6.54. The van der Waals surface area contributed by atoms with Gasteiger partial charge in [-0.1, -0.05) is 5.56 Å². The normalized spacial score (nSPS) is 18.4. The van der Waals surface area contributed by atoms with Gasteiger partial charge < -0.3 is 4.74 Å². The molecule has 1 N–H and O–H groups in total. The second-order valence-corrected chi connectivity index (χ2v) is 3.61. The average Bonchev–Trinajstić information content (AvgIpc) is 2.73. The molecule has 4 nitrogen and oxygen atoms in total. The van der Waals surface area contributed by atoms with Crippen molar-refractivity contribution in [3.63, 3.8) is 0 Å². The summed E-state index contributed by atoms with van der Waals surface area (Å²) in [4.78, 5) is 22.8. The fraction of sp³-hybridized carbons (Fsp3) is 0.333. The Bertz CT molecular complexity index is 394. The smallest absolute Gasteiger partial charge is 0.449 e. The van der Waals surface area contributed by atoms with Gasteiger partial charge in [0.05, 0.1) is 0 Å². The van der Waals surface area contributed by atoms with Gasteiger partial charge in [0.25, 0.3) is 0 Å². The quantitative estimate of drug-likeness (QED) is 0.291. The Morgan fingerprint density at radius 1 is 1.47 bits per heavy atom. The van der Waals surface area contributed by atoms with Crippen LogP contribution in [0.3, 0.4) is 0 Å². The molecule has 5 heteroatoms. The van der Waals surface area contributed by atoms with Crippen molar-refractivity contribution in [3.8, 4) is 0 Å². The summed E-state index contributed by atoms with van der Waals surface area (Å²) in [5, 5.41) is 2.88. The third-order valence-electron chi connectivity index (χ3n) is 2.53. The van der Waals surface area contributed by atoms with Crippen molar-refractivity contribution in [1.82, 2.24) is 5.32 Å². The van der Waals surface area contributed by atoms with Crippen LogP contribution in [0.4, 0.5) is 0 Å². The summed E-state index contributed by atoms with van der Waals surface area (Å²) in [6.45, 7) is 0.248. The van der Waals surface area contributed by atoms with Crippen LogP contribution in [-0.2, 0) is 9.53 Å². The van der Waals surface area contributed by atoms with Crippen LogP contribution < -0.4 is 56.7 Å². The molecule has 0 spiro atoms. The fourth-order valence-corrected chi connectivity index (χ4v) is 1.61. The number of ketones is 1. The second-order valence-electron chi connectivity index (χ2n) is 3.61. The predicted molar refractivity (Wildman–Crippen MR) is 56.7 cm³/mol. The van der Waals surface area contributed by atoms with E-state index in [1.165, 1.54) is 0 Å². The van der Waals surface area contributed by atoms with Crippen LogP contribution in [0, 0.1) is 6.07 Å². The maximum absolute atomic E-state index is 11.7. The molecule has 1 aliphatic rings. The van der Waals surface area contributed by atoms with Crippen LogP contribution in [0.1, 0.15) is 23.2 Å². The van der Waals surface area contributed by atoms with Gasteiger partial charge in [-0.15, -0.1) is 0 Å². The Morgan fingerprint density at radius 2 is 2.18 bits per heavy atom. The van der Waals surface area contributed by atoms with Crippen molar-refractivity contribution in [2.45, 2.75) is 18.9 Å². The third-order valence-corrected chi connectivity index (χ3v) is 2.53. The zero-order chi connectivity index (χ0) is 11.4. The summed E-state index contributed by atoms with van der Waals surface area (Å²) in [5.74, 6) is -0.232. The number of rotatable bonds is 4. The third kappa shape index (κ3) is 4.28. The van der Waals surface area contributed by atoms with E-state index in [0.29, 0.717) is 18.4 Å². The van der Waals surface area contributed by atoms with Crippen molar-refractivity contribution >= 4 is 11.8 Å². The van der Waals surface area contributed by atoms with Crippen molar-refractivity contribution < 1.29 is 65.7 Å². The van der Waals surface area contributed by atoms with E-state index in [-0.39, 0.29) is 75.9 Å². The van der Waals surface area contributed by atoms with E-state index in [4.69, 9.17) is 4.74 Å². The van der Waals surface area contributed by atoms with Gasteiger partial charge in [0.15, 0.2) is 0 Å². The molecule has 0 amide bonds. The van der Waals surface area contributed by atoms with E-state index in [2.05, 4.69) is 11.4 Å². The first-order valence-electron chi connectivity index (χ1n) is 5.17. The number of carbonyl (C=O) groups is 2. The fourth-order valence-electron chi connectivity index (χ4n) is 1.61. The van der Waals surface area contributed by atoms with Crippen LogP contribution in [0.2, 0.25) is 0 Å². The molecule has 2 rings (SSSR count). The zero-order valence-electron chi connectivity index (χ0n) is 9.73. The van der Waals surface area contributed by atoms with E-state index in [1.54, 1.807) is 24.3 Å². The summed E-state index contributed by atoms with van der Waals surface area (Å²) in [6, 6.07) is 9.38. The molecule has 0 radical (unpaired) electrons. The maximum Gasteiger partial charge on any atom is 1.00 e. The number of hydrogen-bond acceptors (Lipinski definition) is 4. The standard InChI is InChI=1S/C12H12NO3.K/c14-11(9-4-2-1-3-5-9)7-6-10-12(15)16-8-13-10;/h2-5,10,13H,6-8H2;/q-1;+1. The topological polar surface area (TPSA) is 55.4 Å². The molecule has 0 saturated carbocycles. The molecule has 0 aromatic heterocycles. The number of benzene rings is 1. The molecule has 1 aromatic rings. The SMILES string of the molecule is O=C(CCC1NCOC1=O)c1cc[c-]cc1.[K+]. The maximum atomic E-state index is 11.7. The van der Waals surface area contributed by atoms with Crippen LogP contribution in [0.25, 0.3) is 0 Å². The first kappa shape index (κ1) is 15.0. The monoisotopic (exact) mass is 257 g/mol. The molecule has 1 heterocycles. The minimum Gasteiger partial charge on any atom is -0.449 e. The molecule has 1 atom stereocenters. The van der Waals surface area contributed by atoms with E-state index in [1.807, 2.05) is 0 Å². The Hall–Kier alpha value is -0.0436. The molecule has 84 valence electrons. The Labute approximate surface area is 143 Å². The molecule has 1 aliphatic heterocycles. The van der Waals surface area contributed by atoms with Crippen LogP contribution in [0.15, 0.2) is 24.3 Å². The van der Waals surface area contributed by atoms with Crippen LogP contribution >= 0.6 is 0 Å². The minimum atomic E-state index is -0.334.